The quantitative estimate of drug-likeness (QED) is 0.216. The minimum atomic E-state index is -4.37. The summed E-state index contributed by atoms with van der Waals surface area (Å²) in [5.41, 5.74) is 8.04. The lowest BCUT2D eigenvalue weighted by Gasteiger charge is -2.12. The van der Waals surface area contributed by atoms with Gasteiger partial charge in [0.25, 0.3) is 0 Å². The topological polar surface area (TPSA) is 12.9 Å². The summed E-state index contributed by atoms with van der Waals surface area (Å²) >= 11 is 0. The Labute approximate surface area is 231 Å². The molecule has 5 aromatic carbocycles. The zero-order valence-corrected chi connectivity index (χ0v) is 21.9. The highest BCUT2D eigenvalue weighted by Crippen LogP contribution is 2.35. The van der Waals surface area contributed by atoms with Crippen molar-refractivity contribution in [2.45, 2.75) is 19.5 Å². The van der Waals surface area contributed by atoms with Gasteiger partial charge >= 0.3 is 6.18 Å². The number of pyridine rings is 1. The van der Waals surface area contributed by atoms with E-state index in [0.717, 1.165) is 49.7 Å². The van der Waals surface area contributed by atoms with Crippen molar-refractivity contribution in [3.8, 4) is 44.5 Å². The minimum Gasteiger partial charge on any atom is -0.265 e. The third-order valence-corrected chi connectivity index (χ3v) is 7.35. The van der Waals surface area contributed by atoms with Crippen molar-refractivity contribution in [3.05, 3.63) is 139 Å². The molecule has 0 unspecified atom stereocenters. The molecule has 0 bridgehead atoms. The number of fused-ring (bicyclic) bond motifs is 1. The SMILES string of the molecule is CCc1cc(-c2ccc(-c3ccc4ccc(-c5ccc(-c6ccncc6)cc5)cc4c3)cc2)cc(C(F)(F)F)c1. The monoisotopic (exact) mass is 529 g/mol. The van der Waals surface area contributed by atoms with Crippen LogP contribution >= 0.6 is 0 Å². The van der Waals surface area contributed by atoms with Crippen LogP contribution in [0.4, 0.5) is 13.2 Å². The van der Waals surface area contributed by atoms with Gasteiger partial charge in [0.15, 0.2) is 0 Å². The molecule has 0 N–H and O–H groups in total. The number of aryl methyl sites for hydroxylation is 1. The van der Waals surface area contributed by atoms with Crippen molar-refractivity contribution in [3.63, 3.8) is 0 Å². The molecule has 0 aliphatic carbocycles. The minimum absolute atomic E-state index is 0.545. The molecule has 6 rings (SSSR count). The smallest absolute Gasteiger partial charge is 0.265 e. The first-order valence-electron chi connectivity index (χ1n) is 13.2. The lowest BCUT2D eigenvalue weighted by atomic mass is 9.94. The van der Waals surface area contributed by atoms with Gasteiger partial charge in [-0.05, 0) is 104 Å². The van der Waals surface area contributed by atoms with E-state index in [4.69, 9.17) is 0 Å². The van der Waals surface area contributed by atoms with E-state index in [1.807, 2.05) is 49.4 Å². The Morgan fingerprint density at radius 1 is 0.475 bits per heavy atom. The van der Waals surface area contributed by atoms with Crippen LogP contribution in [0.25, 0.3) is 55.3 Å². The molecule has 0 amide bonds. The molecule has 1 nitrogen and oxygen atoms in total. The lowest BCUT2D eigenvalue weighted by molar-refractivity contribution is -0.137. The molecular weight excluding hydrogens is 503 g/mol. The highest BCUT2D eigenvalue weighted by Gasteiger charge is 2.31. The van der Waals surface area contributed by atoms with E-state index in [0.29, 0.717) is 17.5 Å². The van der Waals surface area contributed by atoms with Crippen molar-refractivity contribution in [1.82, 2.24) is 4.98 Å². The molecule has 0 radical (unpaired) electrons. The van der Waals surface area contributed by atoms with E-state index in [-0.39, 0.29) is 0 Å². The van der Waals surface area contributed by atoms with E-state index in [1.165, 1.54) is 12.1 Å². The first-order valence-corrected chi connectivity index (χ1v) is 13.2. The van der Waals surface area contributed by atoms with Crippen LogP contribution in [-0.4, -0.2) is 4.98 Å². The van der Waals surface area contributed by atoms with Gasteiger partial charge in [-0.1, -0.05) is 85.8 Å². The normalized spacial score (nSPS) is 11.6. The lowest BCUT2D eigenvalue weighted by Crippen LogP contribution is -2.06. The summed E-state index contributed by atoms with van der Waals surface area (Å²) < 4.78 is 40.3. The van der Waals surface area contributed by atoms with Gasteiger partial charge in [0.05, 0.1) is 5.56 Å². The van der Waals surface area contributed by atoms with Gasteiger partial charge in [-0.3, -0.25) is 4.98 Å². The van der Waals surface area contributed by atoms with Gasteiger partial charge < -0.3 is 0 Å². The molecule has 6 aromatic rings. The van der Waals surface area contributed by atoms with Crippen LogP contribution in [-0.2, 0) is 12.6 Å². The van der Waals surface area contributed by atoms with E-state index in [2.05, 4.69) is 65.6 Å². The highest BCUT2D eigenvalue weighted by atomic mass is 19.4. The number of benzene rings is 5. The largest absolute Gasteiger partial charge is 0.416 e. The molecule has 196 valence electrons. The van der Waals surface area contributed by atoms with Crippen LogP contribution in [0.5, 0.6) is 0 Å². The number of alkyl halides is 3. The van der Waals surface area contributed by atoms with Crippen LogP contribution in [0.1, 0.15) is 18.1 Å². The maximum atomic E-state index is 13.4. The number of aromatic nitrogens is 1. The van der Waals surface area contributed by atoms with E-state index < -0.39 is 11.7 Å². The van der Waals surface area contributed by atoms with Crippen LogP contribution in [0.2, 0.25) is 0 Å². The van der Waals surface area contributed by atoms with Gasteiger partial charge in [0.2, 0.25) is 0 Å². The first kappa shape index (κ1) is 25.6. The molecule has 0 spiro atoms. The second-order valence-corrected chi connectivity index (χ2v) is 9.94. The van der Waals surface area contributed by atoms with E-state index in [9.17, 15) is 13.2 Å². The predicted molar refractivity (Wildman–Crippen MR) is 158 cm³/mol. The van der Waals surface area contributed by atoms with Crippen molar-refractivity contribution in [2.24, 2.45) is 0 Å². The molecule has 1 aromatic heterocycles. The Balaban J connectivity index is 1.29. The summed E-state index contributed by atoms with van der Waals surface area (Å²) in [4.78, 5) is 4.09. The van der Waals surface area contributed by atoms with Crippen molar-refractivity contribution in [1.29, 1.82) is 0 Å². The summed E-state index contributed by atoms with van der Waals surface area (Å²) in [5.74, 6) is 0. The number of nitrogens with zero attached hydrogens (tertiary/aromatic N) is 1. The Kier molecular flexibility index (Phi) is 6.69. The fraction of sp³-hybridized carbons (Fsp3) is 0.0833. The third kappa shape index (κ3) is 5.26. The maximum absolute atomic E-state index is 13.4. The van der Waals surface area contributed by atoms with E-state index in [1.54, 1.807) is 12.4 Å². The Morgan fingerprint density at radius 2 is 0.925 bits per heavy atom. The van der Waals surface area contributed by atoms with Crippen molar-refractivity contribution in [2.75, 3.05) is 0 Å². The van der Waals surface area contributed by atoms with Crippen LogP contribution in [0.15, 0.2) is 128 Å². The average Bonchev–Trinajstić information content (AvgIpc) is 3.00. The number of rotatable bonds is 5. The molecule has 1 heterocycles. The standard InChI is InChI=1S/C36H26F3N/c1-2-24-19-33(23-35(20-24)36(37,38)39)28-9-7-27(8-10-28)32-14-12-29-11-13-31(21-34(29)22-32)26-5-3-25(4-6-26)30-15-17-40-18-16-30/h3-23H,2H2,1H3. The van der Waals surface area contributed by atoms with Gasteiger partial charge in [-0.2, -0.15) is 13.2 Å². The van der Waals surface area contributed by atoms with Crippen molar-refractivity contribution >= 4 is 10.8 Å². The zero-order chi connectivity index (χ0) is 27.7. The summed E-state index contributed by atoms with van der Waals surface area (Å²) in [7, 11) is 0. The fourth-order valence-corrected chi connectivity index (χ4v) is 5.09. The number of halogens is 3. The van der Waals surface area contributed by atoms with Crippen LogP contribution < -0.4 is 0 Å². The molecule has 0 saturated carbocycles. The molecule has 40 heavy (non-hydrogen) atoms. The van der Waals surface area contributed by atoms with Gasteiger partial charge in [0.1, 0.15) is 0 Å². The second-order valence-electron chi connectivity index (χ2n) is 9.94. The second kappa shape index (κ2) is 10.5. The fourth-order valence-electron chi connectivity index (χ4n) is 5.09. The molecular formula is C36H26F3N. The number of hydrogen-bond acceptors (Lipinski definition) is 1. The maximum Gasteiger partial charge on any atom is 0.416 e. The molecule has 4 heteroatoms. The third-order valence-electron chi connectivity index (χ3n) is 7.35. The molecule has 0 aliphatic rings. The Morgan fingerprint density at radius 3 is 1.43 bits per heavy atom. The zero-order valence-electron chi connectivity index (χ0n) is 21.9. The summed E-state index contributed by atoms with van der Waals surface area (Å²) in [6.07, 6.45) is -0.231. The number of hydrogen-bond donors (Lipinski definition) is 0. The van der Waals surface area contributed by atoms with E-state index >= 15 is 0 Å². The van der Waals surface area contributed by atoms with Crippen LogP contribution in [0.3, 0.4) is 0 Å². The molecule has 0 atom stereocenters. The first-order chi connectivity index (χ1) is 19.4. The average molecular weight is 530 g/mol. The summed E-state index contributed by atoms with van der Waals surface area (Å²) in [6, 6.07) is 37.4. The Hall–Kier alpha value is -4.70. The Bertz CT molecular complexity index is 1790. The van der Waals surface area contributed by atoms with Crippen molar-refractivity contribution < 1.29 is 13.2 Å². The predicted octanol–water partition coefficient (Wildman–Crippen LogP) is 10.5. The summed E-state index contributed by atoms with van der Waals surface area (Å²) in [6.45, 7) is 1.87. The van der Waals surface area contributed by atoms with Gasteiger partial charge in [0, 0.05) is 12.4 Å². The molecule has 0 fully saturated rings. The van der Waals surface area contributed by atoms with Gasteiger partial charge in [-0.25, -0.2) is 0 Å². The molecule has 0 saturated heterocycles. The highest BCUT2D eigenvalue weighted by molar-refractivity contribution is 5.91. The van der Waals surface area contributed by atoms with Crippen LogP contribution in [0, 0.1) is 0 Å². The van der Waals surface area contributed by atoms with Gasteiger partial charge in [-0.15, -0.1) is 0 Å². The summed E-state index contributed by atoms with van der Waals surface area (Å²) in [5, 5.41) is 2.27. The molecule has 0 aliphatic heterocycles.